The van der Waals surface area contributed by atoms with Crippen molar-refractivity contribution < 1.29 is 4.42 Å². The molecule has 0 aliphatic heterocycles. The van der Waals surface area contributed by atoms with Crippen molar-refractivity contribution in [1.29, 1.82) is 0 Å². The average Bonchev–Trinajstić information content (AvgIpc) is 2.59. The van der Waals surface area contributed by atoms with Crippen molar-refractivity contribution in [3.05, 3.63) is 54.2 Å². The summed E-state index contributed by atoms with van der Waals surface area (Å²) in [6, 6.07) is 10.2. The number of oxazole rings is 1. The number of nitrogens with zero attached hydrogens (tertiary/aromatic N) is 1. The minimum absolute atomic E-state index is 0.845. The van der Waals surface area contributed by atoms with E-state index in [4.69, 9.17) is 4.42 Å². The Morgan fingerprint density at radius 2 is 2.00 bits per heavy atom. The molecule has 2 aromatic rings. The molecule has 0 unspecified atom stereocenters. The maximum atomic E-state index is 4.88. The number of hydrogen-bond donors (Lipinski definition) is 0. The standard InChI is InChI=1S/C10H9NO/c1-2-4-9(5-3-1)6-10-7-12-8-11-10/h1-5,7-8H,6H2. The molecule has 60 valence electrons. The first kappa shape index (κ1) is 7.10. The highest BCUT2D eigenvalue weighted by Crippen LogP contribution is 2.05. The van der Waals surface area contributed by atoms with E-state index in [0.29, 0.717) is 0 Å². The van der Waals surface area contributed by atoms with Crippen LogP contribution in [0.5, 0.6) is 0 Å². The lowest BCUT2D eigenvalue weighted by molar-refractivity contribution is 0.556. The summed E-state index contributed by atoms with van der Waals surface area (Å²) in [5.74, 6) is 0. The summed E-state index contributed by atoms with van der Waals surface area (Å²) in [5, 5.41) is 0. The first-order valence-corrected chi connectivity index (χ1v) is 3.86. The topological polar surface area (TPSA) is 26.0 Å². The molecule has 1 aromatic heterocycles. The minimum Gasteiger partial charge on any atom is -0.451 e. The molecule has 0 aliphatic rings. The molecule has 0 spiro atoms. The van der Waals surface area contributed by atoms with Crippen LogP contribution < -0.4 is 0 Å². The number of rotatable bonds is 2. The van der Waals surface area contributed by atoms with Crippen LogP contribution in [0.3, 0.4) is 0 Å². The quantitative estimate of drug-likeness (QED) is 0.671. The fraction of sp³-hybridized carbons (Fsp3) is 0.100. The fourth-order valence-corrected chi connectivity index (χ4v) is 1.13. The molecule has 1 aromatic carbocycles. The van der Waals surface area contributed by atoms with Gasteiger partial charge in [0.2, 0.25) is 0 Å². The molecule has 0 saturated heterocycles. The highest BCUT2D eigenvalue weighted by Gasteiger charge is 1.96. The van der Waals surface area contributed by atoms with E-state index >= 15 is 0 Å². The number of benzene rings is 1. The van der Waals surface area contributed by atoms with Crippen molar-refractivity contribution >= 4 is 0 Å². The fourth-order valence-electron chi connectivity index (χ4n) is 1.13. The molecular formula is C10H9NO. The van der Waals surface area contributed by atoms with Gasteiger partial charge in [0.15, 0.2) is 6.39 Å². The largest absolute Gasteiger partial charge is 0.451 e. The average molecular weight is 159 g/mol. The van der Waals surface area contributed by atoms with Gasteiger partial charge in [-0.1, -0.05) is 30.3 Å². The second kappa shape index (κ2) is 3.22. The third kappa shape index (κ3) is 1.53. The van der Waals surface area contributed by atoms with Gasteiger partial charge in [0.1, 0.15) is 6.26 Å². The lowest BCUT2D eigenvalue weighted by Gasteiger charge is -1.94. The molecule has 0 aliphatic carbocycles. The van der Waals surface area contributed by atoms with E-state index in [-0.39, 0.29) is 0 Å². The molecule has 2 rings (SSSR count). The highest BCUT2D eigenvalue weighted by atomic mass is 16.3. The third-order valence-electron chi connectivity index (χ3n) is 1.71. The second-order valence-corrected chi connectivity index (χ2v) is 2.64. The van der Waals surface area contributed by atoms with Gasteiger partial charge in [0.05, 0.1) is 5.69 Å². The van der Waals surface area contributed by atoms with Crippen molar-refractivity contribution in [3.8, 4) is 0 Å². The Balaban J connectivity index is 2.15. The highest BCUT2D eigenvalue weighted by molar-refractivity contribution is 5.19. The molecule has 0 atom stereocenters. The van der Waals surface area contributed by atoms with E-state index in [1.165, 1.54) is 12.0 Å². The van der Waals surface area contributed by atoms with Gasteiger partial charge in [0.25, 0.3) is 0 Å². The van der Waals surface area contributed by atoms with Crippen molar-refractivity contribution in [2.75, 3.05) is 0 Å². The zero-order chi connectivity index (χ0) is 8.23. The smallest absolute Gasteiger partial charge is 0.180 e. The zero-order valence-electron chi connectivity index (χ0n) is 6.60. The summed E-state index contributed by atoms with van der Waals surface area (Å²) in [4.78, 5) is 4.04. The summed E-state index contributed by atoms with van der Waals surface area (Å²) in [6.07, 6.45) is 3.97. The Bertz CT molecular complexity index is 326. The van der Waals surface area contributed by atoms with Crippen LogP contribution >= 0.6 is 0 Å². The van der Waals surface area contributed by atoms with Crippen LogP contribution in [0.2, 0.25) is 0 Å². The van der Waals surface area contributed by atoms with Crippen molar-refractivity contribution in [3.63, 3.8) is 0 Å². The van der Waals surface area contributed by atoms with E-state index < -0.39 is 0 Å². The Morgan fingerprint density at radius 1 is 1.17 bits per heavy atom. The number of aromatic nitrogens is 1. The molecule has 0 fully saturated rings. The van der Waals surface area contributed by atoms with Crippen molar-refractivity contribution in [1.82, 2.24) is 4.98 Å². The van der Waals surface area contributed by atoms with Crippen LogP contribution in [0.15, 0.2) is 47.4 Å². The Hall–Kier alpha value is -1.57. The van der Waals surface area contributed by atoms with Crippen LogP contribution in [0.1, 0.15) is 11.3 Å². The van der Waals surface area contributed by atoms with Gasteiger partial charge in [-0.3, -0.25) is 0 Å². The molecule has 12 heavy (non-hydrogen) atoms. The van der Waals surface area contributed by atoms with Crippen LogP contribution in [0, 0.1) is 0 Å². The summed E-state index contributed by atoms with van der Waals surface area (Å²) in [7, 11) is 0. The predicted molar refractivity (Wildman–Crippen MR) is 45.8 cm³/mol. The molecule has 2 heteroatoms. The third-order valence-corrected chi connectivity index (χ3v) is 1.71. The molecular weight excluding hydrogens is 150 g/mol. The van der Waals surface area contributed by atoms with Crippen LogP contribution in [-0.2, 0) is 6.42 Å². The van der Waals surface area contributed by atoms with Gasteiger partial charge < -0.3 is 4.42 Å². The molecule has 1 heterocycles. The predicted octanol–water partition coefficient (Wildman–Crippen LogP) is 2.27. The van der Waals surface area contributed by atoms with Gasteiger partial charge in [-0.15, -0.1) is 0 Å². The van der Waals surface area contributed by atoms with Crippen molar-refractivity contribution in [2.24, 2.45) is 0 Å². The van der Waals surface area contributed by atoms with E-state index in [0.717, 1.165) is 12.1 Å². The molecule has 0 bridgehead atoms. The van der Waals surface area contributed by atoms with Crippen LogP contribution in [0.25, 0.3) is 0 Å². The van der Waals surface area contributed by atoms with E-state index in [9.17, 15) is 0 Å². The minimum atomic E-state index is 0.845. The van der Waals surface area contributed by atoms with Gasteiger partial charge >= 0.3 is 0 Å². The van der Waals surface area contributed by atoms with Gasteiger partial charge in [-0.05, 0) is 5.56 Å². The summed E-state index contributed by atoms with van der Waals surface area (Å²) in [6.45, 7) is 0. The van der Waals surface area contributed by atoms with E-state index in [2.05, 4.69) is 17.1 Å². The van der Waals surface area contributed by atoms with Crippen LogP contribution in [0.4, 0.5) is 0 Å². The van der Waals surface area contributed by atoms with Gasteiger partial charge in [-0.2, -0.15) is 0 Å². The molecule has 0 saturated carbocycles. The van der Waals surface area contributed by atoms with Gasteiger partial charge in [-0.25, -0.2) is 4.98 Å². The van der Waals surface area contributed by atoms with Crippen molar-refractivity contribution in [2.45, 2.75) is 6.42 Å². The Labute approximate surface area is 70.9 Å². The first-order valence-electron chi connectivity index (χ1n) is 3.86. The molecule has 2 nitrogen and oxygen atoms in total. The van der Waals surface area contributed by atoms with Gasteiger partial charge in [0, 0.05) is 6.42 Å². The summed E-state index contributed by atoms with van der Waals surface area (Å²) >= 11 is 0. The second-order valence-electron chi connectivity index (χ2n) is 2.64. The lowest BCUT2D eigenvalue weighted by Crippen LogP contribution is -1.86. The van der Waals surface area contributed by atoms with E-state index in [1.807, 2.05) is 18.2 Å². The summed E-state index contributed by atoms with van der Waals surface area (Å²) < 4.78 is 4.88. The Morgan fingerprint density at radius 3 is 2.67 bits per heavy atom. The van der Waals surface area contributed by atoms with Crippen LogP contribution in [-0.4, -0.2) is 4.98 Å². The monoisotopic (exact) mass is 159 g/mol. The summed E-state index contributed by atoms with van der Waals surface area (Å²) in [5.41, 5.74) is 2.23. The zero-order valence-corrected chi connectivity index (χ0v) is 6.60. The van der Waals surface area contributed by atoms with E-state index in [1.54, 1.807) is 6.26 Å². The molecule has 0 N–H and O–H groups in total. The maximum absolute atomic E-state index is 4.88. The first-order chi connectivity index (χ1) is 5.95. The number of hydrogen-bond acceptors (Lipinski definition) is 2. The normalized spacial score (nSPS) is 10.0. The Kier molecular flexibility index (Phi) is 1.90. The SMILES string of the molecule is c1ccc(Cc2cocn2)cc1. The molecule has 0 radical (unpaired) electrons. The maximum Gasteiger partial charge on any atom is 0.180 e. The lowest BCUT2D eigenvalue weighted by atomic mass is 10.1. The molecule has 0 amide bonds.